The van der Waals surface area contributed by atoms with Crippen molar-refractivity contribution < 1.29 is 0 Å². The molecule has 0 fully saturated rings. The highest BCUT2D eigenvalue weighted by Gasteiger charge is 2.37. The molecule has 2 aromatic heterocycles. The summed E-state index contributed by atoms with van der Waals surface area (Å²) < 4.78 is 0. The second-order valence-corrected chi connectivity index (χ2v) is 13.7. The Hall–Kier alpha value is -5.86. The molecule has 0 spiro atoms. The molecule has 2 atom stereocenters. The Morgan fingerprint density at radius 3 is 1.06 bits per heavy atom. The molecule has 2 heterocycles. The molecule has 49 heavy (non-hydrogen) atoms. The van der Waals surface area contributed by atoms with Gasteiger partial charge in [0.25, 0.3) is 0 Å². The van der Waals surface area contributed by atoms with Crippen LogP contribution in [0.25, 0.3) is 66.3 Å². The summed E-state index contributed by atoms with van der Waals surface area (Å²) in [6.07, 6.45) is 3.02. The maximum absolute atomic E-state index is 5.63. The normalized spacial score (nSPS) is 16.3. The molecule has 0 saturated heterocycles. The van der Waals surface area contributed by atoms with Crippen LogP contribution in [0.1, 0.15) is 40.8 Å². The molecule has 2 heteroatoms. The summed E-state index contributed by atoms with van der Waals surface area (Å²) in [6.45, 7) is 0. The number of aromatic nitrogens is 2. The first kappa shape index (κ1) is 28.2. The van der Waals surface area contributed by atoms with Gasteiger partial charge in [0.2, 0.25) is 0 Å². The van der Waals surface area contributed by atoms with E-state index in [-0.39, 0.29) is 0 Å². The first-order valence-corrected chi connectivity index (χ1v) is 17.4. The van der Waals surface area contributed by atoms with Crippen LogP contribution in [0.2, 0.25) is 0 Å². The molecular formula is C47H34N2. The lowest BCUT2D eigenvalue weighted by atomic mass is 9.69. The molecule has 0 unspecified atom stereocenters. The van der Waals surface area contributed by atoms with Crippen LogP contribution in [0.5, 0.6) is 0 Å². The van der Waals surface area contributed by atoms with E-state index < -0.39 is 0 Å². The summed E-state index contributed by atoms with van der Waals surface area (Å²) in [5, 5.41) is 2.47. The van der Waals surface area contributed by atoms with Gasteiger partial charge < -0.3 is 0 Å². The molecule has 2 bridgehead atoms. The molecule has 8 aromatic rings. The van der Waals surface area contributed by atoms with Crippen molar-refractivity contribution in [3.05, 3.63) is 180 Å². The van der Waals surface area contributed by atoms with E-state index >= 15 is 0 Å². The fourth-order valence-electron chi connectivity index (χ4n) is 8.56. The standard InChI is InChI=1S/C47H34N2/c1-5-13-30(14-6-1)38-21-23-40(32-17-9-3-10-18-32)46-42(38)28-36-26-34-25-35(44(36)48-46)27-37-29-43-39(31-15-7-2-8-16-31)22-24-41(47(43)49-45(34)37)33-19-11-4-12-20-33/h1-24,28-29,34-35H,25-27H2/t34-,35-/m1/s1. The number of nitrogens with zero attached hydrogens (tertiary/aromatic N) is 2. The van der Waals surface area contributed by atoms with E-state index in [1.165, 1.54) is 77.8 Å². The second kappa shape index (κ2) is 11.4. The topological polar surface area (TPSA) is 25.8 Å². The van der Waals surface area contributed by atoms with Crippen molar-refractivity contribution in [3.63, 3.8) is 0 Å². The van der Waals surface area contributed by atoms with E-state index in [2.05, 4.69) is 158 Å². The van der Waals surface area contributed by atoms with Crippen molar-refractivity contribution in [2.24, 2.45) is 0 Å². The van der Waals surface area contributed by atoms with Crippen molar-refractivity contribution in [2.75, 3.05) is 0 Å². The molecule has 0 aliphatic heterocycles. The summed E-state index contributed by atoms with van der Waals surface area (Å²) in [5.41, 5.74) is 17.3. The van der Waals surface area contributed by atoms with Crippen LogP contribution in [-0.2, 0) is 12.8 Å². The molecule has 6 aromatic carbocycles. The number of fused-ring (bicyclic) bond motifs is 8. The molecule has 0 radical (unpaired) electrons. The smallest absolute Gasteiger partial charge is 0.0790 e. The fraction of sp³-hybridized carbons (Fsp3) is 0.106. The molecule has 0 N–H and O–H groups in total. The zero-order chi connectivity index (χ0) is 32.3. The predicted molar refractivity (Wildman–Crippen MR) is 203 cm³/mol. The fourth-order valence-corrected chi connectivity index (χ4v) is 8.56. The Kier molecular flexibility index (Phi) is 6.55. The van der Waals surface area contributed by atoms with Gasteiger partial charge in [-0.25, -0.2) is 0 Å². The first-order chi connectivity index (χ1) is 24.3. The van der Waals surface area contributed by atoms with Gasteiger partial charge in [-0.2, -0.15) is 0 Å². The summed E-state index contributed by atoms with van der Waals surface area (Å²) in [5.74, 6) is 0.734. The number of hydrogen-bond donors (Lipinski definition) is 0. The Morgan fingerprint density at radius 2 is 0.694 bits per heavy atom. The third-order valence-corrected chi connectivity index (χ3v) is 10.8. The maximum Gasteiger partial charge on any atom is 0.0790 e. The van der Waals surface area contributed by atoms with Gasteiger partial charge in [-0.15, -0.1) is 0 Å². The van der Waals surface area contributed by atoms with Gasteiger partial charge in [0.1, 0.15) is 0 Å². The van der Waals surface area contributed by atoms with Crippen molar-refractivity contribution in [1.29, 1.82) is 0 Å². The zero-order valence-electron chi connectivity index (χ0n) is 27.2. The third kappa shape index (κ3) is 4.70. The summed E-state index contributed by atoms with van der Waals surface area (Å²) in [7, 11) is 0. The lowest BCUT2D eigenvalue weighted by Crippen LogP contribution is -2.27. The van der Waals surface area contributed by atoms with E-state index in [0.717, 1.165) is 30.3 Å². The van der Waals surface area contributed by atoms with Crippen molar-refractivity contribution in [1.82, 2.24) is 9.97 Å². The largest absolute Gasteiger partial charge is 0.252 e. The first-order valence-electron chi connectivity index (χ1n) is 17.4. The number of benzene rings is 6. The van der Waals surface area contributed by atoms with Crippen LogP contribution in [-0.4, -0.2) is 9.97 Å². The van der Waals surface area contributed by atoms with Gasteiger partial charge in [0.05, 0.1) is 11.0 Å². The lowest BCUT2D eigenvalue weighted by Gasteiger charge is -2.37. The Bertz CT molecular complexity index is 2330. The van der Waals surface area contributed by atoms with Gasteiger partial charge in [0.15, 0.2) is 0 Å². The van der Waals surface area contributed by atoms with Crippen molar-refractivity contribution in [3.8, 4) is 44.5 Å². The third-order valence-electron chi connectivity index (χ3n) is 10.8. The van der Waals surface area contributed by atoms with Crippen LogP contribution >= 0.6 is 0 Å². The molecule has 2 aliphatic rings. The highest BCUT2D eigenvalue weighted by molar-refractivity contribution is 6.04. The Balaban J connectivity index is 1.16. The number of pyridine rings is 2. The number of hydrogen-bond acceptors (Lipinski definition) is 2. The molecule has 2 aliphatic carbocycles. The average molecular weight is 627 g/mol. The molecule has 232 valence electrons. The van der Waals surface area contributed by atoms with Gasteiger partial charge in [-0.3, -0.25) is 9.97 Å². The van der Waals surface area contributed by atoms with E-state index in [0.29, 0.717) is 11.8 Å². The van der Waals surface area contributed by atoms with Crippen LogP contribution in [0.4, 0.5) is 0 Å². The minimum Gasteiger partial charge on any atom is -0.252 e. The van der Waals surface area contributed by atoms with Crippen LogP contribution in [0.15, 0.2) is 158 Å². The monoisotopic (exact) mass is 626 g/mol. The molecule has 10 rings (SSSR count). The highest BCUT2D eigenvalue weighted by Crippen LogP contribution is 2.49. The average Bonchev–Trinajstić information content (AvgIpc) is 3.17. The molecule has 0 amide bonds. The van der Waals surface area contributed by atoms with Gasteiger partial charge in [0, 0.05) is 45.1 Å². The van der Waals surface area contributed by atoms with E-state index in [1.54, 1.807) is 0 Å². The minimum absolute atomic E-state index is 0.367. The van der Waals surface area contributed by atoms with E-state index in [1.807, 2.05) is 0 Å². The van der Waals surface area contributed by atoms with Crippen LogP contribution in [0.3, 0.4) is 0 Å². The second-order valence-electron chi connectivity index (χ2n) is 13.7. The predicted octanol–water partition coefficient (Wildman–Crippen LogP) is 11.8. The molecular weight excluding hydrogens is 593 g/mol. The molecule has 0 saturated carbocycles. The van der Waals surface area contributed by atoms with Gasteiger partial charge in [-0.05, 0) is 75.9 Å². The number of rotatable bonds is 4. The van der Waals surface area contributed by atoms with E-state index in [4.69, 9.17) is 9.97 Å². The Morgan fingerprint density at radius 1 is 0.367 bits per heavy atom. The summed E-state index contributed by atoms with van der Waals surface area (Å²) in [4.78, 5) is 11.3. The zero-order valence-corrected chi connectivity index (χ0v) is 27.2. The lowest BCUT2D eigenvalue weighted by molar-refractivity contribution is 0.441. The van der Waals surface area contributed by atoms with E-state index in [9.17, 15) is 0 Å². The maximum atomic E-state index is 5.63. The summed E-state index contributed by atoms with van der Waals surface area (Å²) in [6, 6.07) is 57.1. The molecule has 2 nitrogen and oxygen atoms in total. The van der Waals surface area contributed by atoms with Crippen molar-refractivity contribution >= 4 is 21.8 Å². The van der Waals surface area contributed by atoms with Crippen molar-refractivity contribution in [2.45, 2.75) is 31.1 Å². The van der Waals surface area contributed by atoms with Crippen LogP contribution < -0.4 is 0 Å². The summed E-state index contributed by atoms with van der Waals surface area (Å²) >= 11 is 0. The highest BCUT2D eigenvalue weighted by atomic mass is 14.8. The van der Waals surface area contributed by atoms with Gasteiger partial charge in [-0.1, -0.05) is 146 Å². The SMILES string of the molecule is c1ccc(-c2ccc(-c3ccccc3)c3nc4c(cc23)C[C@H]2C[C@@H]4Cc3cc4c(-c5ccccc5)ccc(-c5ccccc5)c4nc32)cc1. The quantitative estimate of drug-likeness (QED) is 0.194. The Labute approximate surface area is 286 Å². The van der Waals surface area contributed by atoms with Crippen LogP contribution in [0, 0.1) is 0 Å². The van der Waals surface area contributed by atoms with Gasteiger partial charge >= 0.3 is 0 Å². The minimum atomic E-state index is 0.367.